The molecule has 1 aromatic carbocycles. The standard InChI is InChI=1S/C16H25BrN2O.ClH/c1-12(2)9-14(16(20)19-8-4-7-18)10-13-5-3-6-15(17)11-13;/h3,5-6,11-12,14H,4,7-10,18H2,1-2H3,(H,19,20);1H. The van der Waals surface area contributed by atoms with Crippen LogP contribution in [0, 0.1) is 11.8 Å². The summed E-state index contributed by atoms with van der Waals surface area (Å²) in [6.07, 6.45) is 2.52. The zero-order valence-corrected chi connectivity index (χ0v) is 15.2. The summed E-state index contributed by atoms with van der Waals surface area (Å²) >= 11 is 3.48. The predicted octanol–water partition coefficient (Wildman–Crippen LogP) is 3.54. The van der Waals surface area contributed by atoms with Gasteiger partial charge in [-0.1, -0.05) is 41.9 Å². The first kappa shape index (κ1) is 20.4. The monoisotopic (exact) mass is 376 g/mol. The van der Waals surface area contributed by atoms with Crippen molar-refractivity contribution >= 4 is 34.2 Å². The molecule has 5 heteroatoms. The Bertz CT molecular complexity index is 426. The number of hydrogen-bond acceptors (Lipinski definition) is 2. The Labute approximate surface area is 142 Å². The molecular formula is C16H26BrClN2O. The van der Waals surface area contributed by atoms with Crippen LogP contribution in [0.25, 0.3) is 0 Å². The van der Waals surface area contributed by atoms with E-state index >= 15 is 0 Å². The summed E-state index contributed by atoms with van der Waals surface area (Å²) in [5, 5.41) is 2.99. The zero-order valence-electron chi connectivity index (χ0n) is 12.8. The predicted molar refractivity (Wildman–Crippen MR) is 94.7 cm³/mol. The van der Waals surface area contributed by atoms with E-state index in [4.69, 9.17) is 5.73 Å². The van der Waals surface area contributed by atoms with Crippen molar-refractivity contribution in [2.45, 2.75) is 33.1 Å². The lowest BCUT2D eigenvalue weighted by Gasteiger charge is -2.19. The highest BCUT2D eigenvalue weighted by molar-refractivity contribution is 9.10. The Hall–Kier alpha value is -0.580. The Morgan fingerprint density at radius 2 is 2.10 bits per heavy atom. The van der Waals surface area contributed by atoms with Crippen LogP contribution in [0.2, 0.25) is 0 Å². The summed E-state index contributed by atoms with van der Waals surface area (Å²) in [7, 11) is 0. The molecule has 1 rings (SSSR count). The highest BCUT2D eigenvalue weighted by Crippen LogP contribution is 2.20. The van der Waals surface area contributed by atoms with Crippen molar-refractivity contribution in [3.8, 4) is 0 Å². The molecule has 120 valence electrons. The van der Waals surface area contributed by atoms with Crippen LogP contribution in [0.4, 0.5) is 0 Å². The number of nitrogens with two attached hydrogens (primary N) is 1. The van der Waals surface area contributed by atoms with Crippen molar-refractivity contribution in [1.82, 2.24) is 5.32 Å². The van der Waals surface area contributed by atoms with Gasteiger partial charge in [-0.15, -0.1) is 12.4 Å². The van der Waals surface area contributed by atoms with E-state index in [2.05, 4.69) is 47.2 Å². The summed E-state index contributed by atoms with van der Waals surface area (Å²) in [5.41, 5.74) is 6.65. The van der Waals surface area contributed by atoms with Crippen LogP contribution in [-0.2, 0) is 11.2 Å². The number of amides is 1. The summed E-state index contributed by atoms with van der Waals surface area (Å²) in [6, 6.07) is 8.17. The molecule has 0 bridgehead atoms. The Balaban J connectivity index is 0.00000400. The van der Waals surface area contributed by atoms with Gasteiger partial charge in [-0.05, 0) is 49.4 Å². The van der Waals surface area contributed by atoms with E-state index < -0.39 is 0 Å². The van der Waals surface area contributed by atoms with Crippen LogP contribution in [0.5, 0.6) is 0 Å². The molecule has 0 spiro atoms. The maximum atomic E-state index is 12.3. The second kappa shape index (κ2) is 11.0. The molecule has 1 amide bonds. The molecule has 0 saturated heterocycles. The third kappa shape index (κ3) is 8.44. The van der Waals surface area contributed by atoms with E-state index in [0.717, 1.165) is 23.7 Å². The Morgan fingerprint density at radius 1 is 1.38 bits per heavy atom. The fourth-order valence-electron chi connectivity index (χ4n) is 2.26. The third-order valence-electron chi connectivity index (χ3n) is 3.18. The van der Waals surface area contributed by atoms with E-state index in [9.17, 15) is 4.79 Å². The van der Waals surface area contributed by atoms with Gasteiger partial charge in [0.15, 0.2) is 0 Å². The largest absolute Gasteiger partial charge is 0.356 e. The van der Waals surface area contributed by atoms with Crippen LogP contribution in [0.1, 0.15) is 32.3 Å². The lowest BCUT2D eigenvalue weighted by molar-refractivity contribution is -0.125. The topological polar surface area (TPSA) is 55.1 Å². The first-order valence-electron chi connectivity index (χ1n) is 7.25. The minimum absolute atomic E-state index is 0. The van der Waals surface area contributed by atoms with Gasteiger partial charge in [0.1, 0.15) is 0 Å². The van der Waals surface area contributed by atoms with Crippen LogP contribution < -0.4 is 11.1 Å². The minimum atomic E-state index is 0. The van der Waals surface area contributed by atoms with Gasteiger partial charge in [0, 0.05) is 16.9 Å². The highest BCUT2D eigenvalue weighted by Gasteiger charge is 2.20. The van der Waals surface area contributed by atoms with Crippen LogP contribution in [0.15, 0.2) is 28.7 Å². The Kier molecular flexibility index (Phi) is 10.7. The van der Waals surface area contributed by atoms with Crippen LogP contribution in [0.3, 0.4) is 0 Å². The molecule has 0 radical (unpaired) electrons. The number of carbonyl (C=O) groups is 1. The first-order chi connectivity index (χ1) is 9.52. The van der Waals surface area contributed by atoms with Gasteiger partial charge in [0.2, 0.25) is 5.91 Å². The summed E-state index contributed by atoms with van der Waals surface area (Å²) in [6.45, 7) is 5.59. The van der Waals surface area contributed by atoms with E-state index in [1.165, 1.54) is 5.56 Å². The lowest BCUT2D eigenvalue weighted by Crippen LogP contribution is -2.34. The molecule has 0 heterocycles. The molecule has 0 aliphatic carbocycles. The van der Waals surface area contributed by atoms with Crippen LogP contribution in [-0.4, -0.2) is 19.0 Å². The van der Waals surface area contributed by atoms with Gasteiger partial charge in [0.25, 0.3) is 0 Å². The summed E-state index contributed by atoms with van der Waals surface area (Å²) in [5.74, 6) is 0.682. The molecule has 3 nitrogen and oxygen atoms in total. The number of nitrogens with one attached hydrogen (secondary N) is 1. The number of hydrogen-bond donors (Lipinski definition) is 2. The Morgan fingerprint density at radius 3 is 2.67 bits per heavy atom. The highest BCUT2D eigenvalue weighted by atomic mass is 79.9. The van der Waals surface area contributed by atoms with E-state index in [-0.39, 0.29) is 24.2 Å². The van der Waals surface area contributed by atoms with Gasteiger partial charge in [-0.25, -0.2) is 0 Å². The second-order valence-electron chi connectivity index (χ2n) is 5.59. The lowest BCUT2D eigenvalue weighted by atomic mass is 9.90. The molecule has 0 fully saturated rings. The molecule has 0 aliphatic heterocycles. The number of carbonyl (C=O) groups excluding carboxylic acids is 1. The van der Waals surface area contributed by atoms with Gasteiger partial charge < -0.3 is 11.1 Å². The maximum Gasteiger partial charge on any atom is 0.223 e. The van der Waals surface area contributed by atoms with Crippen molar-refractivity contribution in [2.24, 2.45) is 17.6 Å². The average Bonchev–Trinajstić information content (AvgIpc) is 2.37. The molecule has 0 aromatic heterocycles. The number of halogens is 2. The van der Waals surface area contributed by atoms with Crippen molar-refractivity contribution in [3.05, 3.63) is 34.3 Å². The van der Waals surface area contributed by atoms with Crippen molar-refractivity contribution in [1.29, 1.82) is 0 Å². The van der Waals surface area contributed by atoms with Gasteiger partial charge in [-0.2, -0.15) is 0 Å². The minimum Gasteiger partial charge on any atom is -0.356 e. The van der Waals surface area contributed by atoms with Crippen molar-refractivity contribution in [2.75, 3.05) is 13.1 Å². The number of benzene rings is 1. The molecule has 1 unspecified atom stereocenters. The zero-order chi connectivity index (χ0) is 15.0. The molecule has 3 N–H and O–H groups in total. The third-order valence-corrected chi connectivity index (χ3v) is 3.67. The van der Waals surface area contributed by atoms with Gasteiger partial charge in [-0.3, -0.25) is 4.79 Å². The quantitative estimate of drug-likeness (QED) is 0.681. The molecule has 0 saturated carbocycles. The van der Waals surface area contributed by atoms with E-state index in [1.807, 2.05) is 12.1 Å². The SMILES string of the molecule is CC(C)CC(Cc1cccc(Br)c1)C(=O)NCCCN.Cl. The average molecular weight is 378 g/mol. The molecular weight excluding hydrogens is 352 g/mol. The maximum absolute atomic E-state index is 12.3. The molecule has 0 aliphatic rings. The normalized spacial score (nSPS) is 11.9. The van der Waals surface area contributed by atoms with Crippen molar-refractivity contribution < 1.29 is 4.79 Å². The van der Waals surface area contributed by atoms with Crippen LogP contribution >= 0.6 is 28.3 Å². The fraction of sp³-hybridized carbons (Fsp3) is 0.562. The molecule has 1 aromatic rings. The summed E-state index contributed by atoms with van der Waals surface area (Å²) < 4.78 is 1.06. The molecule has 1 atom stereocenters. The molecule has 21 heavy (non-hydrogen) atoms. The number of rotatable bonds is 8. The van der Waals surface area contributed by atoms with Gasteiger partial charge >= 0.3 is 0 Å². The van der Waals surface area contributed by atoms with E-state index in [0.29, 0.717) is 19.0 Å². The fourth-order valence-corrected chi connectivity index (χ4v) is 2.71. The van der Waals surface area contributed by atoms with Crippen molar-refractivity contribution in [3.63, 3.8) is 0 Å². The second-order valence-corrected chi connectivity index (χ2v) is 6.51. The smallest absolute Gasteiger partial charge is 0.223 e. The van der Waals surface area contributed by atoms with Gasteiger partial charge in [0.05, 0.1) is 0 Å². The summed E-state index contributed by atoms with van der Waals surface area (Å²) in [4.78, 5) is 12.3. The first-order valence-corrected chi connectivity index (χ1v) is 8.04. The van der Waals surface area contributed by atoms with E-state index in [1.54, 1.807) is 0 Å².